The van der Waals surface area contributed by atoms with Crippen molar-refractivity contribution >= 4 is 15.9 Å². The number of fused-ring (bicyclic) bond motifs is 1. The second-order valence-corrected chi connectivity index (χ2v) is 8.19. The Kier molecular flexibility index (Phi) is 7.26. The summed E-state index contributed by atoms with van der Waals surface area (Å²) in [6.07, 6.45) is -4.38. The summed E-state index contributed by atoms with van der Waals surface area (Å²) < 4.78 is 61.7. The van der Waals surface area contributed by atoms with E-state index in [1.807, 2.05) is 34.9 Å². The number of methoxy groups -OCH3 is 1. The molecule has 1 atom stereocenters. The van der Waals surface area contributed by atoms with Gasteiger partial charge in [0, 0.05) is 12.0 Å². The molecule has 10 heteroatoms. The fourth-order valence-electron chi connectivity index (χ4n) is 3.69. The van der Waals surface area contributed by atoms with Crippen LogP contribution in [-0.2, 0) is 29.0 Å². The minimum absolute atomic E-state index is 0.0362. The Morgan fingerprint density at radius 3 is 2.67 bits per heavy atom. The highest BCUT2D eigenvalue weighted by atomic mass is 79.9. The molecular weight excluding hydrogens is 505 g/mol. The number of hydrogen-bond donors (Lipinski definition) is 0. The van der Waals surface area contributed by atoms with E-state index < -0.39 is 12.1 Å². The van der Waals surface area contributed by atoms with Crippen LogP contribution in [0.4, 0.5) is 13.2 Å². The van der Waals surface area contributed by atoms with Crippen molar-refractivity contribution in [1.29, 1.82) is 0 Å². The van der Waals surface area contributed by atoms with E-state index in [1.54, 1.807) is 0 Å². The van der Waals surface area contributed by atoms with E-state index in [0.29, 0.717) is 48.8 Å². The first-order valence-corrected chi connectivity index (χ1v) is 11.1. The van der Waals surface area contributed by atoms with E-state index in [1.165, 1.54) is 25.3 Å². The van der Waals surface area contributed by atoms with E-state index in [2.05, 4.69) is 25.7 Å². The van der Waals surface area contributed by atoms with Crippen molar-refractivity contribution in [2.45, 2.75) is 32.0 Å². The third-order valence-electron chi connectivity index (χ3n) is 5.17. The smallest absolute Gasteiger partial charge is 0.493 e. The Hall–Kier alpha value is -2.56. The van der Waals surface area contributed by atoms with Crippen molar-refractivity contribution in [2.24, 2.45) is 0 Å². The van der Waals surface area contributed by atoms with E-state index in [4.69, 9.17) is 14.2 Å². The Bertz CT molecular complexity index is 1090. The van der Waals surface area contributed by atoms with Gasteiger partial charge < -0.3 is 23.5 Å². The van der Waals surface area contributed by atoms with Crippen LogP contribution < -0.4 is 9.47 Å². The van der Waals surface area contributed by atoms with Crippen molar-refractivity contribution in [3.8, 4) is 22.9 Å². The lowest BCUT2D eigenvalue weighted by Crippen LogP contribution is -2.24. The summed E-state index contributed by atoms with van der Waals surface area (Å²) in [5.74, 6) is 0.143. The Morgan fingerprint density at radius 2 is 1.94 bits per heavy atom. The summed E-state index contributed by atoms with van der Waals surface area (Å²) in [7, 11) is 1.29. The third kappa shape index (κ3) is 5.87. The molecule has 4 rings (SSSR count). The minimum Gasteiger partial charge on any atom is -0.493 e. The lowest BCUT2D eigenvalue weighted by molar-refractivity contribution is -0.275. The van der Waals surface area contributed by atoms with Crippen LogP contribution >= 0.6 is 15.9 Å². The topological polar surface area (TPSA) is 54.7 Å². The molecule has 6 nitrogen and oxygen atoms in total. The molecule has 3 aromatic rings. The predicted octanol–water partition coefficient (Wildman–Crippen LogP) is 5.38. The number of nitrogens with zero attached hydrogens (tertiary/aromatic N) is 2. The van der Waals surface area contributed by atoms with Gasteiger partial charge in [0.15, 0.2) is 11.5 Å². The molecule has 0 saturated carbocycles. The maximum Gasteiger partial charge on any atom is 0.573 e. The lowest BCUT2D eigenvalue weighted by Gasteiger charge is -2.18. The van der Waals surface area contributed by atoms with Crippen LogP contribution in [-0.4, -0.2) is 42.3 Å². The second-order valence-electron chi connectivity index (χ2n) is 7.44. The number of aromatic nitrogens is 2. The molecule has 2 aromatic carbocycles. The van der Waals surface area contributed by atoms with E-state index in [-0.39, 0.29) is 11.9 Å². The fourth-order valence-corrected chi connectivity index (χ4v) is 4.27. The van der Waals surface area contributed by atoms with Crippen LogP contribution in [0.2, 0.25) is 0 Å². The number of rotatable bonds is 7. The van der Waals surface area contributed by atoms with Gasteiger partial charge in [0.1, 0.15) is 10.4 Å². The van der Waals surface area contributed by atoms with E-state index in [9.17, 15) is 13.2 Å². The lowest BCUT2D eigenvalue weighted by atomic mass is 10.2. The summed E-state index contributed by atoms with van der Waals surface area (Å²) in [4.78, 5) is 4.61. The van der Waals surface area contributed by atoms with Crippen LogP contribution in [0.5, 0.6) is 11.5 Å². The second kappa shape index (κ2) is 10.1. The van der Waals surface area contributed by atoms with Gasteiger partial charge in [-0.3, -0.25) is 0 Å². The monoisotopic (exact) mass is 526 g/mol. The van der Waals surface area contributed by atoms with Gasteiger partial charge in [-0.1, -0.05) is 30.3 Å². The molecule has 2 heterocycles. The molecule has 176 valence electrons. The molecule has 1 aliphatic rings. The SMILES string of the molecule is COc1cc(-c2nc(Br)c3n2CC(COCc2ccccc2)OCC3)ccc1OC(F)(F)F. The van der Waals surface area contributed by atoms with Crippen LogP contribution in [0.15, 0.2) is 53.1 Å². The highest BCUT2D eigenvalue weighted by Gasteiger charge is 2.33. The Labute approximate surface area is 197 Å². The van der Waals surface area contributed by atoms with Gasteiger partial charge in [-0.05, 0) is 39.7 Å². The zero-order valence-electron chi connectivity index (χ0n) is 17.8. The molecule has 1 aliphatic heterocycles. The largest absolute Gasteiger partial charge is 0.573 e. The zero-order chi connectivity index (χ0) is 23.4. The van der Waals surface area contributed by atoms with Gasteiger partial charge in [0.2, 0.25) is 0 Å². The molecule has 0 N–H and O–H groups in total. The van der Waals surface area contributed by atoms with Crippen LogP contribution in [0.25, 0.3) is 11.4 Å². The molecule has 33 heavy (non-hydrogen) atoms. The molecule has 1 aromatic heterocycles. The average molecular weight is 527 g/mol. The average Bonchev–Trinajstić information content (AvgIpc) is 2.95. The van der Waals surface area contributed by atoms with Gasteiger partial charge in [-0.15, -0.1) is 13.2 Å². The van der Waals surface area contributed by atoms with Gasteiger partial charge in [-0.25, -0.2) is 4.98 Å². The van der Waals surface area contributed by atoms with Gasteiger partial charge in [0.25, 0.3) is 0 Å². The highest BCUT2D eigenvalue weighted by molar-refractivity contribution is 9.10. The molecule has 1 unspecified atom stereocenters. The fraction of sp³-hybridized carbons (Fsp3) is 0.348. The normalized spacial score (nSPS) is 16.2. The van der Waals surface area contributed by atoms with Crippen molar-refractivity contribution in [3.63, 3.8) is 0 Å². The van der Waals surface area contributed by atoms with Crippen LogP contribution in [0.1, 0.15) is 11.3 Å². The number of halogens is 4. The van der Waals surface area contributed by atoms with E-state index >= 15 is 0 Å². The number of imidazole rings is 1. The Morgan fingerprint density at radius 1 is 1.15 bits per heavy atom. The zero-order valence-corrected chi connectivity index (χ0v) is 19.4. The molecular formula is C23H22BrF3N2O4. The number of benzene rings is 2. The third-order valence-corrected chi connectivity index (χ3v) is 5.80. The molecule has 0 amide bonds. The molecule has 0 aliphatic carbocycles. The highest BCUT2D eigenvalue weighted by Crippen LogP contribution is 2.37. The molecule has 0 fully saturated rings. The summed E-state index contributed by atoms with van der Waals surface area (Å²) in [5.41, 5.74) is 2.62. The minimum atomic E-state index is -4.81. The number of hydrogen-bond acceptors (Lipinski definition) is 5. The maximum absolute atomic E-state index is 12.7. The maximum atomic E-state index is 12.7. The van der Waals surface area contributed by atoms with E-state index in [0.717, 1.165) is 11.3 Å². The Balaban J connectivity index is 1.54. The number of ether oxygens (including phenoxy) is 4. The predicted molar refractivity (Wildman–Crippen MR) is 118 cm³/mol. The first-order chi connectivity index (χ1) is 15.8. The summed E-state index contributed by atoms with van der Waals surface area (Å²) in [5, 5.41) is 0. The quantitative estimate of drug-likeness (QED) is 0.413. The van der Waals surface area contributed by atoms with Gasteiger partial charge in [-0.2, -0.15) is 0 Å². The summed E-state index contributed by atoms with van der Waals surface area (Å²) in [6.45, 7) is 1.86. The number of alkyl halides is 3. The molecule has 0 saturated heterocycles. The van der Waals surface area contributed by atoms with Gasteiger partial charge in [0.05, 0.1) is 45.3 Å². The summed E-state index contributed by atoms with van der Waals surface area (Å²) in [6, 6.07) is 14.1. The first kappa shape index (κ1) is 23.6. The van der Waals surface area contributed by atoms with Crippen molar-refractivity contribution in [1.82, 2.24) is 9.55 Å². The van der Waals surface area contributed by atoms with Crippen LogP contribution in [0, 0.1) is 0 Å². The van der Waals surface area contributed by atoms with Crippen molar-refractivity contribution < 1.29 is 32.1 Å². The molecule has 0 spiro atoms. The molecule has 0 radical (unpaired) electrons. The van der Waals surface area contributed by atoms with Crippen molar-refractivity contribution in [2.75, 3.05) is 20.3 Å². The van der Waals surface area contributed by atoms with Crippen LogP contribution in [0.3, 0.4) is 0 Å². The summed E-state index contributed by atoms with van der Waals surface area (Å²) >= 11 is 3.50. The standard InChI is InChI=1S/C23H22BrF3N2O4/c1-30-20-11-16(7-8-19(20)33-23(25,26)27)22-28-21(24)18-9-10-32-17(12-29(18)22)14-31-13-15-5-3-2-4-6-15/h2-8,11,17H,9-10,12-14H2,1H3. The van der Waals surface area contributed by atoms with Gasteiger partial charge >= 0.3 is 6.36 Å². The van der Waals surface area contributed by atoms with Crippen molar-refractivity contribution in [3.05, 3.63) is 64.4 Å². The molecule has 0 bridgehead atoms. The first-order valence-electron chi connectivity index (χ1n) is 10.3.